The van der Waals surface area contributed by atoms with Gasteiger partial charge in [-0.15, -0.1) is 0 Å². The molecule has 2 aromatic rings. The largest absolute Gasteiger partial charge is 0.433 e. The van der Waals surface area contributed by atoms with E-state index in [9.17, 15) is 26.4 Å². The molecule has 11 heteroatoms. The minimum Gasteiger partial charge on any atom is -0.322 e. The van der Waals surface area contributed by atoms with Gasteiger partial charge in [-0.05, 0) is 31.5 Å². The molecule has 2 rings (SSSR count). The molecule has 7 nitrogen and oxygen atoms in total. The predicted molar refractivity (Wildman–Crippen MR) is 93.7 cm³/mol. The lowest BCUT2D eigenvalue weighted by Crippen LogP contribution is -2.22. The highest BCUT2D eigenvalue weighted by Gasteiger charge is 2.40. The van der Waals surface area contributed by atoms with Gasteiger partial charge in [0.2, 0.25) is 10.0 Å². The van der Waals surface area contributed by atoms with E-state index in [0.29, 0.717) is 5.56 Å². The summed E-state index contributed by atoms with van der Waals surface area (Å²) in [7, 11) is -3.35. The number of benzene rings is 1. The van der Waals surface area contributed by atoms with E-state index in [1.165, 1.54) is 26.0 Å². The second kappa shape index (κ2) is 7.69. The average Bonchev–Trinajstić information content (AvgIpc) is 2.99. The first-order chi connectivity index (χ1) is 12.4. The van der Waals surface area contributed by atoms with Gasteiger partial charge in [0.05, 0.1) is 18.0 Å². The van der Waals surface area contributed by atoms with Crippen LogP contribution in [0.3, 0.4) is 0 Å². The lowest BCUT2D eigenvalue weighted by molar-refractivity contribution is -0.145. The van der Waals surface area contributed by atoms with E-state index in [1.807, 2.05) is 0 Å². The van der Waals surface area contributed by atoms with Crippen molar-refractivity contribution in [1.29, 1.82) is 0 Å². The number of hydrogen-bond acceptors (Lipinski definition) is 4. The Labute approximate surface area is 154 Å². The van der Waals surface area contributed by atoms with Gasteiger partial charge in [-0.3, -0.25) is 9.48 Å². The van der Waals surface area contributed by atoms with Crippen molar-refractivity contribution >= 4 is 21.6 Å². The molecule has 0 saturated carbocycles. The molecular weight excluding hydrogens is 385 g/mol. The number of anilines is 1. The van der Waals surface area contributed by atoms with E-state index in [1.54, 1.807) is 12.1 Å². The average molecular weight is 404 g/mol. The van der Waals surface area contributed by atoms with Crippen LogP contribution in [0.15, 0.2) is 30.5 Å². The van der Waals surface area contributed by atoms with E-state index < -0.39 is 39.4 Å². The molecule has 27 heavy (non-hydrogen) atoms. The number of halogens is 3. The lowest BCUT2D eigenvalue weighted by Gasteiger charge is -2.15. The van der Waals surface area contributed by atoms with E-state index >= 15 is 0 Å². The first kappa shape index (κ1) is 20.9. The highest BCUT2D eigenvalue weighted by atomic mass is 32.2. The normalized spacial score (nSPS) is 12.4. The van der Waals surface area contributed by atoms with Crippen LogP contribution in [0.1, 0.15) is 41.5 Å². The summed E-state index contributed by atoms with van der Waals surface area (Å²) in [5, 5.41) is 6.07. The van der Waals surface area contributed by atoms with Gasteiger partial charge in [-0.25, -0.2) is 13.1 Å². The number of sulfonamides is 1. The van der Waals surface area contributed by atoms with Gasteiger partial charge in [0.25, 0.3) is 5.91 Å². The topological polar surface area (TPSA) is 93.1 Å². The Morgan fingerprint density at radius 3 is 2.30 bits per heavy atom. The monoisotopic (exact) mass is 404 g/mol. The van der Waals surface area contributed by atoms with Crippen LogP contribution in [0.25, 0.3) is 0 Å². The van der Waals surface area contributed by atoms with E-state index in [2.05, 4.69) is 15.1 Å². The van der Waals surface area contributed by atoms with Crippen molar-refractivity contribution in [3.8, 4) is 0 Å². The van der Waals surface area contributed by atoms with Crippen LogP contribution < -0.4 is 10.0 Å². The van der Waals surface area contributed by atoms with Gasteiger partial charge < -0.3 is 5.32 Å². The number of alkyl halides is 3. The molecule has 0 radical (unpaired) electrons. The number of rotatable bonds is 6. The third kappa shape index (κ3) is 5.54. The van der Waals surface area contributed by atoms with Crippen molar-refractivity contribution in [3.05, 3.63) is 47.3 Å². The van der Waals surface area contributed by atoms with Crippen LogP contribution in [-0.4, -0.2) is 30.4 Å². The highest BCUT2D eigenvalue weighted by Crippen LogP contribution is 2.33. The fourth-order valence-corrected chi connectivity index (χ4v) is 2.75. The number of carbonyl (C=O) groups excluding carboxylic acids is 1. The first-order valence-corrected chi connectivity index (χ1v) is 9.77. The van der Waals surface area contributed by atoms with Crippen molar-refractivity contribution in [1.82, 2.24) is 14.5 Å². The van der Waals surface area contributed by atoms with E-state index in [4.69, 9.17) is 0 Å². The molecule has 0 atom stereocenters. The van der Waals surface area contributed by atoms with Gasteiger partial charge in [0.15, 0.2) is 5.69 Å². The Balaban J connectivity index is 2.18. The van der Waals surface area contributed by atoms with Crippen LogP contribution in [0, 0.1) is 0 Å². The number of hydrogen-bond donors (Lipinski definition) is 2. The Kier molecular flexibility index (Phi) is 5.95. The van der Waals surface area contributed by atoms with E-state index in [-0.39, 0.29) is 12.2 Å². The van der Waals surface area contributed by atoms with Gasteiger partial charge in [0, 0.05) is 18.3 Å². The van der Waals surface area contributed by atoms with Crippen LogP contribution in [0.4, 0.5) is 18.9 Å². The Morgan fingerprint density at radius 1 is 1.22 bits per heavy atom. The number of carbonyl (C=O) groups is 1. The summed E-state index contributed by atoms with van der Waals surface area (Å²) < 4.78 is 65.2. The molecule has 0 aliphatic heterocycles. The Morgan fingerprint density at radius 2 is 1.81 bits per heavy atom. The number of nitrogens with zero attached hydrogens (tertiary/aromatic N) is 2. The van der Waals surface area contributed by atoms with Crippen LogP contribution in [0.2, 0.25) is 0 Å². The summed E-state index contributed by atoms with van der Waals surface area (Å²) in [4.78, 5) is 12.3. The summed E-state index contributed by atoms with van der Waals surface area (Å²) in [5.41, 5.74) is -0.779. The standard InChI is InChI=1S/C16H19F3N4O3S/c1-10(2)23-14(16(17,18)19)13(9-20-23)15(24)22-12-6-4-11(5-7-12)8-21-27(3,25)26/h4-7,9-10,21H,8H2,1-3H3,(H,22,24). The summed E-state index contributed by atoms with van der Waals surface area (Å²) in [6.07, 6.45) is -2.81. The molecule has 0 aliphatic carbocycles. The van der Waals surface area contributed by atoms with Crippen molar-refractivity contribution in [2.75, 3.05) is 11.6 Å². The SMILES string of the molecule is CC(C)n1ncc(C(=O)Nc2ccc(CNS(C)(=O)=O)cc2)c1C(F)(F)F. The predicted octanol–water partition coefficient (Wildman–Crippen LogP) is 2.78. The maximum atomic E-state index is 13.3. The fourth-order valence-electron chi connectivity index (χ4n) is 2.32. The molecule has 0 fully saturated rings. The van der Waals surface area contributed by atoms with Crippen molar-refractivity contribution in [2.24, 2.45) is 0 Å². The Hall–Kier alpha value is -2.40. The smallest absolute Gasteiger partial charge is 0.322 e. The van der Waals surface area contributed by atoms with Crippen LogP contribution in [-0.2, 0) is 22.7 Å². The fraction of sp³-hybridized carbons (Fsp3) is 0.375. The summed E-state index contributed by atoms with van der Waals surface area (Å²) in [5.74, 6) is -0.934. The molecule has 0 unspecified atom stereocenters. The molecule has 1 heterocycles. The summed E-state index contributed by atoms with van der Waals surface area (Å²) in [6, 6.07) is 5.48. The van der Waals surface area contributed by atoms with Crippen molar-refractivity contribution < 1.29 is 26.4 Å². The molecule has 1 aromatic carbocycles. The third-order valence-corrected chi connectivity index (χ3v) is 4.22. The minimum atomic E-state index is -4.73. The molecule has 148 valence electrons. The number of aromatic nitrogens is 2. The van der Waals surface area contributed by atoms with Gasteiger partial charge in [-0.2, -0.15) is 18.3 Å². The van der Waals surface area contributed by atoms with Crippen molar-refractivity contribution in [3.63, 3.8) is 0 Å². The molecule has 0 spiro atoms. The zero-order chi connectivity index (χ0) is 20.4. The van der Waals surface area contributed by atoms with Gasteiger partial charge >= 0.3 is 6.18 Å². The zero-order valence-electron chi connectivity index (χ0n) is 14.8. The second-order valence-corrected chi connectivity index (χ2v) is 8.02. The first-order valence-electron chi connectivity index (χ1n) is 7.88. The van der Waals surface area contributed by atoms with Gasteiger partial charge in [0.1, 0.15) is 0 Å². The third-order valence-electron chi connectivity index (χ3n) is 3.55. The molecular formula is C16H19F3N4O3S. The molecule has 0 bridgehead atoms. The summed E-state index contributed by atoms with van der Waals surface area (Å²) in [6.45, 7) is 3.13. The Bertz CT molecular complexity index is 919. The molecule has 1 amide bonds. The van der Waals surface area contributed by atoms with Gasteiger partial charge in [-0.1, -0.05) is 12.1 Å². The van der Waals surface area contributed by atoms with Crippen LogP contribution in [0.5, 0.6) is 0 Å². The molecule has 1 aromatic heterocycles. The van der Waals surface area contributed by atoms with Crippen LogP contribution >= 0.6 is 0 Å². The number of nitrogens with one attached hydrogen (secondary N) is 2. The quantitative estimate of drug-likeness (QED) is 0.774. The maximum Gasteiger partial charge on any atom is 0.433 e. The zero-order valence-corrected chi connectivity index (χ0v) is 15.6. The minimum absolute atomic E-state index is 0.0619. The molecule has 2 N–H and O–H groups in total. The van der Waals surface area contributed by atoms with E-state index in [0.717, 1.165) is 17.1 Å². The summed E-state index contributed by atoms with van der Waals surface area (Å²) >= 11 is 0. The lowest BCUT2D eigenvalue weighted by atomic mass is 10.2. The number of amides is 1. The maximum absolute atomic E-state index is 13.3. The van der Waals surface area contributed by atoms with Crippen molar-refractivity contribution in [2.45, 2.75) is 32.6 Å². The highest BCUT2D eigenvalue weighted by molar-refractivity contribution is 7.88. The second-order valence-electron chi connectivity index (χ2n) is 6.19. The molecule has 0 aliphatic rings. The molecule has 0 saturated heterocycles.